The van der Waals surface area contributed by atoms with Crippen LogP contribution in [0.25, 0.3) is 10.8 Å². The van der Waals surface area contributed by atoms with E-state index in [2.05, 4.69) is 35.6 Å². The molecule has 3 nitrogen and oxygen atoms in total. The van der Waals surface area contributed by atoms with Crippen molar-refractivity contribution >= 4 is 10.8 Å². The quantitative estimate of drug-likeness (QED) is 0.886. The van der Waals surface area contributed by atoms with Gasteiger partial charge in [-0.25, -0.2) is 0 Å². The maximum Gasteiger partial charge on any atom is 0.123 e. The van der Waals surface area contributed by atoms with Crippen molar-refractivity contribution in [1.29, 1.82) is 0 Å². The minimum Gasteiger partial charge on any atom is -0.496 e. The van der Waals surface area contributed by atoms with Crippen molar-refractivity contribution < 1.29 is 9.84 Å². The zero-order chi connectivity index (χ0) is 14.7. The Labute approximate surface area is 125 Å². The topological polar surface area (TPSA) is 41.5 Å². The third-order valence-electron chi connectivity index (χ3n) is 4.72. The summed E-state index contributed by atoms with van der Waals surface area (Å²) in [6.07, 6.45) is 4.49. The summed E-state index contributed by atoms with van der Waals surface area (Å²) in [5, 5.41) is 15.8. The summed E-state index contributed by atoms with van der Waals surface area (Å²) >= 11 is 0. The van der Waals surface area contributed by atoms with Gasteiger partial charge in [0.05, 0.1) is 13.7 Å². The normalized spacial score (nSPS) is 17.2. The van der Waals surface area contributed by atoms with E-state index in [1.54, 1.807) is 7.11 Å². The van der Waals surface area contributed by atoms with Gasteiger partial charge in [0.15, 0.2) is 0 Å². The molecule has 0 atom stereocenters. The third-order valence-corrected chi connectivity index (χ3v) is 4.72. The number of hydrogen-bond donors (Lipinski definition) is 2. The Morgan fingerprint density at radius 2 is 1.90 bits per heavy atom. The van der Waals surface area contributed by atoms with E-state index in [4.69, 9.17) is 4.74 Å². The predicted molar refractivity (Wildman–Crippen MR) is 85.6 cm³/mol. The molecule has 0 saturated heterocycles. The first-order valence-electron chi connectivity index (χ1n) is 7.68. The molecule has 112 valence electrons. The average molecular weight is 285 g/mol. The van der Waals surface area contributed by atoms with Crippen molar-refractivity contribution in [2.45, 2.75) is 37.8 Å². The second-order valence-corrected chi connectivity index (χ2v) is 5.97. The first-order valence-corrected chi connectivity index (χ1v) is 7.68. The standard InChI is InChI=1S/C18H23NO2/c1-21-17-9-8-14-6-2-3-7-15(14)16(17)12-19-18(13-20)10-4-5-11-18/h2-3,6-9,19-20H,4-5,10-13H2,1H3. The van der Waals surface area contributed by atoms with Crippen LogP contribution in [0, 0.1) is 0 Å². The van der Waals surface area contributed by atoms with Gasteiger partial charge in [-0.1, -0.05) is 43.2 Å². The van der Waals surface area contributed by atoms with Crippen molar-refractivity contribution in [2.24, 2.45) is 0 Å². The molecule has 21 heavy (non-hydrogen) atoms. The maximum absolute atomic E-state index is 9.74. The highest BCUT2D eigenvalue weighted by Gasteiger charge is 2.32. The number of benzene rings is 2. The SMILES string of the molecule is COc1ccc2ccccc2c1CNC1(CO)CCCC1. The monoisotopic (exact) mass is 285 g/mol. The van der Waals surface area contributed by atoms with Crippen molar-refractivity contribution in [3.05, 3.63) is 42.0 Å². The van der Waals surface area contributed by atoms with Gasteiger partial charge < -0.3 is 15.2 Å². The number of aliphatic hydroxyl groups excluding tert-OH is 1. The molecule has 0 aliphatic heterocycles. The third kappa shape index (κ3) is 2.76. The van der Waals surface area contributed by atoms with Crippen LogP contribution in [-0.2, 0) is 6.54 Å². The van der Waals surface area contributed by atoms with Crippen LogP contribution < -0.4 is 10.1 Å². The number of nitrogens with one attached hydrogen (secondary N) is 1. The number of methoxy groups -OCH3 is 1. The summed E-state index contributed by atoms with van der Waals surface area (Å²) in [5.74, 6) is 0.910. The molecule has 1 aliphatic carbocycles. The van der Waals surface area contributed by atoms with Crippen LogP contribution >= 0.6 is 0 Å². The van der Waals surface area contributed by atoms with Gasteiger partial charge in [0.25, 0.3) is 0 Å². The number of aliphatic hydroxyl groups is 1. The second-order valence-electron chi connectivity index (χ2n) is 5.97. The fraction of sp³-hybridized carbons (Fsp3) is 0.444. The van der Waals surface area contributed by atoms with Crippen molar-refractivity contribution in [2.75, 3.05) is 13.7 Å². The fourth-order valence-electron chi connectivity index (χ4n) is 3.41. The number of rotatable bonds is 5. The first kappa shape index (κ1) is 14.4. The highest BCUT2D eigenvalue weighted by atomic mass is 16.5. The zero-order valence-electron chi connectivity index (χ0n) is 12.6. The van der Waals surface area contributed by atoms with Gasteiger partial charge in [0, 0.05) is 17.6 Å². The summed E-state index contributed by atoms with van der Waals surface area (Å²) in [6, 6.07) is 12.5. The lowest BCUT2D eigenvalue weighted by Gasteiger charge is -2.29. The highest BCUT2D eigenvalue weighted by molar-refractivity contribution is 5.87. The van der Waals surface area contributed by atoms with E-state index in [1.807, 2.05) is 6.07 Å². The van der Waals surface area contributed by atoms with Gasteiger partial charge in [-0.05, 0) is 29.7 Å². The number of fused-ring (bicyclic) bond motifs is 1. The molecule has 0 amide bonds. The van der Waals surface area contributed by atoms with E-state index in [9.17, 15) is 5.11 Å². The lowest BCUT2D eigenvalue weighted by molar-refractivity contribution is 0.162. The lowest BCUT2D eigenvalue weighted by Crippen LogP contribution is -2.45. The Balaban J connectivity index is 1.91. The van der Waals surface area contributed by atoms with Gasteiger partial charge >= 0.3 is 0 Å². The molecule has 2 aromatic carbocycles. The molecule has 0 unspecified atom stereocenters. The van der Waals surface area contributed by atoms with Gasteiger partial charge in [0.1, 0.15) is 5.75 Å². The molecule has 2 N–H and O–H groups in total. The largest absolute Gasteiger partial charge is 0.496 e. The summed E-state index contributed by atoms with van der Waals surface area (Å²) in [6.45, 7) is 0.936. The van der Waals surface area contributed by atoms with Gasteiger partial charge in [-0.15, -0.1) is 0 Å². The van der Waals surface area contributed by atoms with Crippen LogP contribution in [0.3, 0.4) is 0 Å². The minimum atomic E-state index is -0.109. The highest BCUT2D eigenvalue weighted by Crippen LogP contribution is 2.32. The molecule has 0 bridgehead atoms. The predicted octanol–water partition coefficient (Wildman–Crippen LogP) is 3.24. The second kappa shape index (κ2) is 6.04. The molecular formula is C18H23NO2. The van der Waals surface area contributed by atoms with Crippen LogP contribution in [0.5, 0.6) is 5.75 Å². The van der Waals surface area contributed by atoms with E-state index in [-0.39, 0.29) is 12.1 Å². The van der Waals surface area contributed by atoms with Crippen LogP contribution in [0.2, 0.25) is 0 Å². The van der Waals surface area contributed by atoms with Crippen LogP contribution in [-0.4, -0.2) is 24.4 Å². The van der Waals surface area contributed by atoms with Crippen molar-refractivity contribution in [1.82, 2.24) is 5.32 Å². The molecule has 0 radical (unpaired) electrons. The lowest BCUT2D eigenvalue weighted by atomic mass is 9.97. The number of hydrogen-bond acceptors (Lipinski definition) is 3. The van der Waals surface area contributed by atoms with Crippen molar-refractivity contribution in [3.8, 4) is 5.75 Å². The van der Waals surface area contributed by atoms with Crippen LogP contribution in [0.4, 0.5) is 0 Å². The van der Waals surface area contributed by atoms with Gasteiger partial charge in [0.2, 0.25) is 0 Å². The molecule has 0 heterocycles. The first-order chi connectivity index (χ1) is 10.3. The molecule has 1 saturated carbocycles. The Kier molecular flexibility index (Phi) is 4.13. The zero-order valence-corrected chi connectivity index (χ0v) is 12.6. The Bertz CT molecular complexity index is 618. The van der Waals surface area contributed by atoms with Gasteiger partial charge in [-0.2, -0.15) is 0 Å². The summed E-state index contributed by atoms with van der Waals surface area (Å²) in [4.78, 5) is 0. The van der Waals surface area contributed by atoms with Gasteiger partial charge in [-0.3, -0.25) is 0 Å². The van der Waals surface area contributed by atoms with E-state index < -0.39 is 0 Å². The molecular weight excluding hydrogens is 262 g/mol. The molecule has 0 aromatic heterocycles. The average Bonchev–Trinajstić information content (AvgIpc) is 3.02. The molecule has 1 aliphatic rings. The Morgan fingerprint density at radius 1 is 1.14 bits per heavy atom. The smallest absolute Gasteiger partial charge is 0.123 e. The summed E-state index contributed by atoms with van der Waals surface area (Å²) in [5.41, 5.74) is 1.07. The van der Waals surface area contributed by atoms with E-state index in [0.29, 0.717) is 0 Å². The Hall–Kier alpha value is -1.58. The van der Waals surface area contributed by atoms with Crippen LogP contribution in [0.15, 0.2) is 36.4 Å². The number of ether oxygens (including phenoxy) is 1. The van der Waals surface area contributed by atoms with E-state index >= 15 is 0 Å². The molecule has 2 aromatic rings. The minimum absolute atomic E-state index is 0.109. The van der Waals surface area contributed by atoms with E-state index in [0.717, 1.165) is 25.1 Å². The summed E-state index contributed by atoms with van der Waals surface area (Å²) < 4.78 is 5.53. The molecule has 0 spiro atoms. The van der Waals surface area contributed by atoms with Crippen molar-refractivity contribution in [3.63, 3.8) is 0 Å². The van der Waals surface area contributed by atoms with E-state index in [1.165, 1.54) is 29.2 Å². The van der Waals surface area contributed by atoms with Crippen LogP contribution in [0.1, 0.15) is 31.2 Å². The fourth-order valence-corrected chi connectivity index (χ4v) is 3.41. The Morgan fingerprint density at radius 3 is 2.62 bits per heavy atom. The molecule has 3 rings (SSSR count). The molecule has 1 fully saturated rings. The summed E-state index contributed by atoms with van der Waals surface area (Å²) in [7, 11) is 1.71. The maximum atomic E-state index is 9.74. The molecule has 3 heteroatoms.